The Morgan fingerprint density at radius 3 is 1.94 bits per heavy atom. The number of rotatable bonds is 5. The molecule has 18 heavy (non-hydrogen) atoms. The molecule has 0 aromatic rings. The highest BCUT2D eigenvalue weighted by atomic mass is 15.3. The zero-order chi connectivity index (χ0) is 13.1. The normalized spacial score (nSPS) is 25.0. The lowest BCUT2D eigenvalue weighted by atomic mass is 9.97. The van der Waals surface area contributed by atoms with Gasteiger partial charge in [-0.25, -0.2) is 0 Å². The van der Waals surface area contributed by atoms with E-state index in [9.17, 15) is 0 Å². The molecule has 0 N–H and O–H groups in total. The lowest BCUT2D eigenvalue weighted by Gasteiger charge is -2.45. The second-order valence-electron chi connectivity index (χ2n) is 6.91. The van der Waals surface area contributed by atoms with Crippen LogP contribution < -0.4 is 0 Å². The first-order valence-corrected chi connectivity index (χ1v) is 7.73. The smallest absolute Gasteiger partial charge is 0.0110 e. The summed E-state index contributed by atoms with van der Waals surface area (Å²) < 4.78 is 0. The average Bonchev–Trinajstić information content (AvgIpc) is 2.23. The first kappa shape index (κ1) is 14.3. The van der Waals surface area contributed by atoms with Crippen LogP contribution in [0.4, 0.5) is 0 Å². The van der Waals surface area contributed by atoms with Gasteiger partial charge in [-0.2, -0.15) is 0 Å². The topological polar surface area (TPSA) is 9.72 Å². The maximum Gasteiger partial charge on any atom is 0.0110 e. The average molecular weight is 253 g/mol. The van der Waals surface area contributed by atoms with Crippen LogP contribution in [-0.4, -0.2) is 73.1 Å². The molecule has 0 aliphatic carbocycles. The summed E-state index contributed by atoms with van der Waals surface area (Å²) in [6, 6.07) is 0.740. The van der Waals surface area contributed by atoms with E-state index >= 15 is 0 Å². The monoisotopic (exact) mass is 253 g/mol. The minimum absolute atomic E-state index is 0.740. The van der Waals surface area contributed by atoms with Crippen molar-refractivity contribution < 1.29 is 0 Å². The quantitative estimate of drug-likeness (QED) is 0.737. The van der Waals surface area contributed by atoms with Crippen LogP contribution in [0.5, 0.6) is 0 Å². The van der Waals surface area contributed by atoms with Gasteiger partial charge in [-0.15, -0.1) is 0 Å². The van der Waals surface area contributed by atoms with Crippen molar-refractivity contribution in [3.8, 4) is 0 Å². The molecule has 0 aromatic heterocycles. The van der Waals surface area contributed by atoms with E-state index in [2.05, 4.69) is 42.4 Å². The van der Waals surface area contributed by atoms with Crippen molar-refractivity contribution in [2.45, 2.75) is 33.7 Å². The van der Waals surface area contributed by atoms with Gasteiger partial charge >= 0.3 is 0 Å². The van der Waals surface area contributed by atoms with Crippen molar-refractivity contribution in [2.24, 2.45) is 11.8 Å². The molecule has 106 valence electrons. The maximum atomic E-state index is 2.68. The summed E-state index contributed by atoms with van der Waals surface area (Å²) in [4.78, 5) is 7.89. The Hall–Kier alpha value is -0.120. The lowest BCUT2D eigenvalue weighted by Crippen LogP contribution is -2.56. The van der Waals surface area contributed by atoms with Gasteiger partial charge in [-0.05, 0) is 25.7 Å². The molecule has 2 rings (SSSR count). The predicted octanol–water partition coefficient (Wildman–Crippen LogP) is 1.60. The van der Waals surface area contributed by atoms with Gasteiger partial charge in [0.15, 0.2) is 0 Å². The van der Waals surface area contributed by atoms with E-state index in [1.54, 1.807) is 0 Å². The minimum atomic E-state index is 0.740. The summed E-state index contributed by atoms with van der Waals surface area (Å²) >= 11 is 0. The van der Waals surface area contributed by atoms with Gasteiger partial charge in [0.1, 0.15) is 0 Å². The molecule has 0 bridgehead atoms. The third kappa shape index (κ3) is 3.94. The van der Waals surface area contributed by atoms with Crippen LogP contribution >= 0.6 is 0 Å². The fourth-order valence-electron chi connectivity index (χ4n) is 3.18. The van der Waals surface area contributed by atoms with Gasteiger partial charge in [-0.1, -0.05) is 13.8 Å². The number of likely N-dealkylation sites (tertiary alicyclic amines) is 1. The van der Waals surface area contributed by atoms with E-state index in [-0.39, 0.29) is 0 Å². The molecule has 0 aromatic carbocycles. The summed E-state index contributed by atoms with van der Waals surface area (Å²) in [5.41, 5.74) is 0. The Morgan fingerprint density at radius 2 is 1.44 bits per heavy atom. The Bertz CT molecular complexity index is 238. The molecule has 2 aliphatic rings. The largest absolute Gasteiger partial charge is 0.301 e. The first-order valence-electron chi connectivity index (χ1n) is 7.73. The van der Waals surface area contributed by atoms with Crippen LogP contribution in [0.15, 0.2) is 0 Å². The fraction of sp³-hybridized carbons (Fsp3) is 1.00. The second kappa shape index (κ2) is 6.36. The van der Waals surface area contributed by atoms with Crippen molar-refractivity contribution in [2.75, 3.05) is 52.4 Å². The Kier molecular flexibility index (Phi) is 5.05. The molecule has 2 aliphatic heterocycles. The van der Waals surface area contributed by atoms with Crippen LogP contribution in [0, 0.1) is 11.8 Å². The highest BCUT2D eigenvalue weighted by molar-refractivity contribution is 4.85. The third-order valence-electron chi connectivity index (χ3n) is 4.32. The molecular weight excluding hydrogens is 222 g/mol. The Labute approximate surface area is 113 Å². The van der Waals surface area contributed by atoms with E-state index in [4.69, 9.17) is 0 Å². The summed E-state index contributed by atoms with van der Waals surface area (Å²) in [5.74, 6) is 1.74. The van der Waals surface area contributed by atoms with Crippen molar-refractivity contribution >= 4 is 0 Å². The molecule has 3 nitrogen and oxygen atoms in total. The van der Waals surface area contributed by atoms with Crippen LogP contribution in [-0.2, 0) is 0 Å². The Morgan fingerprint density at radius 1 is 0.889 bits per heavy atom. The van der Waals surface area contributed by atoms with E-state index in [1.807, 2.05) is 0 Å². The van der Waals surface area contributed by atoms with Crippen LogP contribution in [0.3, 0.4) is 0 Å². The molecule has 3 heteroatoms. The van der Waals surface area contributed by atoms with E-state index in [1.165, 1.54) is 52.4 Å². The molecule has 0 spiro atoms. The molecule has 2 fully saturated rings. The molecule has 0 saturated carbocycles. The predicted molar refractivity (Wildman–Crippen MR) is 77.9 cm³/mol. The molecule has 0 atom stereocenters. The summed E-state index contributed by atoms with van der Waals surface area (Å²) in [7, 11) is 0. The third-order valence-corrected chi connectivity index (χ3v) is 4.32. The molecule has 2 heterocycles. The highest BCUT2D eigenvalue weighted by Gasteiger charge is 2.30. The van der Waals surface area contributed by atoms with Crippen LogP contribution in [0.2, 0.25) is 0 Å². The van der Waals surface area contributed by atoms with Gasteiger partial charge < -0.3 is 14.7 Å². The second-order valence-corrected chi connectivity index (χ2v) is 6.91. The van der Waals surface area contributed by atoms with Crippen molar-refractivity contribution in [3.05, 3.63) is 0 Å². The van der Waals surface area contributed by atoms with Crippen molar-refractivity contribution in [1.82, 2.24) is 14.7 Å². The van der Waals surface area contributed by atoms with Gasteiger partial charge in [0.25, 0.3) is 0 Å². The SMILES string of the molecule is CC(C)CN1CCN(CC2CN(C(C)C)C2)CC1. The van der Waals surface area contributed by atoms with Crippen LogP contribution in [0.25, 0.3) is 0 Å². The number of hydrogen-bond acceptors (Lipinski definition) is 3. The lowest BCUT2D eigenvalue weighted by molar-refractivity contribution is 0.0272. The van der Waals surface area contributed by atoms with Gasteiger partial charge in [0.2, 0.25) is 0 Å². The standard InChI is InChI=1S/C15H31N3/c1-13(2)9-16-5-7-17(8-6-16)10-15-11-18(12-15)14(3)4/h13-15H,5-12H2,1-4H3. The number of nitrogens with zero attached hydrogens (tertiary/aromatic N) is 3. The molecule has 0 amide bonds. The van der Waals surface area contributed by atoms with E-state index in [0.717, 1.165) is 17.9 Å². The summed E-state index contributed by atoms with van der Waals surface area (Å²) in [5, 5.41) is 0. The Balaban J connectivity index is 1.60. The van der Waals surface area contributed by atoms with Gasteiger partial charge in [-0.3, -0.25) is 0 Å². The van der Waals surface area contributed by atoms with E-state index < -0.39 is 0 Å². The zero-order valence-electron chi connectivity index (χ0n) is 12.7. The number of hydrogen-bond donors (Lipinski definition) is 0. The fourth-order valence-corrected chi connectivity index (χ4v) is 3.18. The minimum Gasteiger partial charge on any atom is -0.301 e. The van der Waals surface area contributed by atoms with Crippen molar-refractivity contribution in [3.63, 3.8) is 0 Å². The molecule has 0 unspecified atom stereocenters. The van der Waals surface area contributed by atoms with E-state index in [0.29, 0.717) is 0 Å². The molecule has 2 saturated heterocycles. The summed E-state index contributed by atoms with van der Waals surface area (Å²) in [6.45, 7) is 19.6. The van der Waals surface area contributed by atoms with Crippen LogP contribution in [0.1, 0.15) is 27.7 Å². The van der Waals surface area contributed by atoms with Crippen molar-refractivity contribution in [1.29, 1.82) is 0 Å². The van der Waals surface area contributed by atoms with Gasteiger partial charge in [0, 0.05) is 58.4 Å². The molecular formula is C15H31N3. The molecule has 0 radical (unpaired) electrons. The maximum absolute atomic E-state index is 2.68. The summed E-state index contributed by atoms with van der Waals surface area (Å²) in [6.07, 6.45) is 0. The first-order chi connectivity index (χ1) is 8.54. The number of piperazine rings is 1. The highest BCUT2D eigenvalue weighted by Crippen LogP contribution is 2.20. The van der Waals surface area contributed by atoms with Gasteiger partial charge in [0.05, 0.1) is 0 Å². The zero-order valence-corrected chi connectivity index (χ0v) is 12.7.